The first-order valence-corrected chi connectivity index (χ1v) is 6.35. The number of rotatable bonds is 4. The lowest BCUT2D eigenvalue weighted by atomic mass is 10.1. The van der Waals surface area contributed by atoms with Gasteiger partial charge in [-0.05, 0) is 12.1 Å². The first-order valence-electron chi connectivity index (χ1n) is 6.35. The van der Waals surface area contributed by atoms with Crippen LogP contribution in [0.3, 0.4) is 0 Å². The molecule has 1 aromatic rings. The van der Waals surface area contributed by atoms with E-state index in [2.05, 4.69) is 5.32 Å². The number of ketones is 1. The highest BCUT2D eigenvalue weighted by Gasteiger charge is 2.17. The molecule has 0 bridgehead atoms. The van der Waals surface area contributed by atoms with Gasteiger partial charge < -0.3 is 10.1 Å². The lowest BCUT2D eigenvalue weighted by molar-refractivity contribution is -0.120. The molecule has 1 fully saturated rings. The van der Waals surface area contributed by atoms with Crippen LogP contribution in [0.15, 0.2) is 24.3 Å². The summed E-state index contributed by atoms with van der Waals surface area (Å²) in [5, 5.41) is 2.79. The number of benzene rings is 1. The first-order chi connectivity index (χ1) is 9.19. The number of methoxy groups -OCH3 is 1. The maximum Gasteiger partial charge on any atom is 0.221 e. The molecule has 5 heteroatoms. The third kappa shape index (κ3) is 3.79. The van der Waals surface area contributed by atoms with Gasteiger partial charge in [0.25, 0.3) is 0 Å². The fourth-order valence-corrected chi connectivity index (χ4v) is 2.06. The van der Waals surface area contributed by atoms with E-state index in [-0.39, 0.29) is 11.7 Å². The Morgan fingerprint density at radius 3 is 3.05 bits per heavy atom. The van der Waals surface area contributed by atoms with Crippen molar-refractivity contribution in [3.63, 3.8) is 0 Å². The fraction of sp³-hybridized carbons (Fsp3) is 0.429. The van der Waals surface area contributed by atoms with Gasteiger partial charge in [-0.3, -0.25) is 14.5 Å². The highest BCUT2D eigenvalue weighted by atomic mass is 16.5. The zero-order valence-corrected chi connectivity index (χ0v) is 11.0. The quantitative estimate of drug-likeness (QED) is 0.812. The number of Topliss-reactive ketones (excluding diaryl/α,β-unsaturated/α-hetero) is 1. The van der Waals surface area contributed by atoms with Gasteiger partial charge >= 0.3 is 0 Å². The standard InChI is InChI=1S/C14H18N2O3/c1-19-12-4-2-3-11(9-12)13(17)10-16-7-5-14(18)15-6-8-16/h2-4,9H,5-8,10H2,1H3,(H,15,18). The molecule has 0 spiro atoms. The van der Waals surface area contributed by atoms with E-state index in [9.17, 15) is 9.59 Å². The topological polar surface area (TPSA) is 58.6 Å². The molecular weight excluding hydrogens is 244 g/mol. The molecule has 19 heavy (non-hydrogen) atoms. The van der Waals surface area contributed by atoms with Gasteiger partial charge in [-0.25, -0.2) is 0 Å². The summed E-state index contributed by atoms with van der Waals surface area (Å²) in [6.07, 6.45) is 0.450. The lowest BCUT2D eigenvalue weighted by Gasteiger charge is -2.17. The smallest absolute Gasteiger partial charge is 0.221 e. The molecule has 0 saturated carbocycles. The Morgan fingerprint density at radius 2 is 2.26 bits per heavy atom. The van der Waals surface area contributed by atoms with Gasteiger partial charge in [-0.15, -0.1) is 0 Å². The average Bonchev–Trinajstić information content (AvgIpc) is 2.64. The molecule has 1 amide bonds. The number of amides is 1. The Balaban J connectivity index is 1.97. The van der Waals surface area contributed by atoms with Crippen LogP contribution in [0.2, 0.25) is 0 Å². The SMILES string of the molecule is COc1cccc(C(=O)CN2CCNC(=O)CC2)c1. The second-order valence-corrected chi connectivity index (χ2v) is 4.53. The average molecular weight is 262 g/mol. The van der Waals surface area contributed by atoms with Gasteiger partial charge in [0.2, 0.25) is 5.91 Å². The number of hydrogen-bond donors (Lipinski definition) is 1. The minimum absolute atomic E-state index is 0.0493. The summed E-state index contributed by atoms with van der Waals surface area (Å²) < 4.78 is 5.11. The van der Waals surface area contributed by atoms with E-state index < -0.39 is 0 Å². The number of ether oxygens (including phenoxy) is 1. The Morgan fingerprint density at radius 1 is 1.42 bits per heavy atom. The number of nitrogens with one attached hydrogen (secondary N) is 1. The molecular formula is C14H18N2O3. The predicted molar refractivity (Wildman–Crippen MR) is 71.4 cm³/mol. The van der Waals surface area contributed by atoms with E-state index >= 15 is 0 Å². The third-order valence-corrected chi connectivity index (χ3v) is 3.16. The van der Waals surface area contributed by atoms with Crippen molar-refractivity contribution in [1.82, 2.24) is 10.2 Å². The van der Waals surface area contributed by atoms with Crippen molar-refractivity contribution >= 4 is 11.7 Å². The first kappa shape index (κ1) is 13.5. The summed E-state index contributed by atoms with van der Waals surface area (Å²) in [5.74, 6) is 0.781. The van der Waals surface area contributed by atoms with Gasteiger partial charge in [0.05, 0.1) is 13.7 Å². The van der Waals surface area contributed by atoms with Gasteiger partial charge in [0.1, 0.15) is 5.75 Å². The Kier molecular flexibility index (Phi) is 4.52. The molecule has 0 aliphatic carbocycles. The summed E-state index contributed by atoms with van der Waals surface area (Å²) in [6.45, 7) is 2.27. The molecule has 102 valence electrons. The highest BCUT2D eigenvalue weighted by molar-refractivity contribution is 5.98. The maximum absolute atomic E-state index is 12.2. The Bertz CT molecular complexity index is 474. The van der Waals surface area contributed by atoms with Crippen molar-refractivity contribution in [2.45, 2.75) is 6.42 Å². The van der Waals surface area contributed by atoms with E-state index in [1.54, 1.807) is 25.3 Å². The number of carbonyl (C=O) groups excluding carboxylic acids is 2. The predicted octanol–water partition coefficient (Wildman–Crippen LogP) is 0.700. The molecule has 0 unspecified atom stereocenters. The van der Waals surface area contributed by atoms with Crippen LogP contribution in [0.1, 0.15) is 16.8 Å². The molecule has 0 radical (unpaired) electrons. The van der Waals surface area contributed by atoms with Crippen LogP contribution in [0.5, 0.6) is 5.75 Å². The Labute approximate surface area is 112 Å². The zero-order valence-electron chi connectivity index (χ0n) is 11.0. The molecule has 5 nitrogen and oxygen atoms in total. The largest absolute Gasteiger partial charge is 0.497 e. The van der Waals surface area contributed by atoms with E-state index in [1.807, 2.05) is 11.0 Å². The second-order valence-electron chi connectivity index (χ2n) is 4.53. The van der Waals surface area contributed by atoms with Crippen molar-refractivity contribution in [3.8, 4) is 5.75 Å². The van der Waals surface area contributed by atoms with E-state index in [4.69, 9.17) is 4.74 Å². The molecule has 1 aliphatic heterocycles. The van der Waals surface area contributed by atoms with Crippen LogP contribution in [-0.4, -0.2) is 49.9 Å². The fourth-order valence-electron chi connectivity index (χ4n) is 2.06. The summed E-state index contributed by atoms with van der Waals surface area (Å²) >= 11 is 0. The van der Waals surface area contributed by atoms with Gasteiger partial charge in [-0.1, -0.05) is 12.1 Å². The third-order valence-electron chi connectivity index (χ3n) is 3.16. The molecule has 1 heterocycles. The summed E-state index contributed by atoms with van der Waals surface area (Å²) in [6, 6.07) is 7.14. The van der Waals surface area contributed by atoms with Crippen molar-refractivity contribution in [1.29, 1.82) is 0 Å². The molecule has 0 atom stereocenters. The van der Waals surface area contributed by atoms with Gasteiger partial charge in [0, 0.05) is 31.6 Å². The molecule has 1 N–H and O–H groups in total. The summed E-state index contributed by atoms with van der Waals surface area (Å²) in [7, 11) is 1.58. The Hall–Kier alpha value is -1.88. The van der Waals surface area contributed by atoms with E-state index in [1.165, 1.54) is 0 Å². The summed E-state index contributed by atoms with van der Waals surface area (Å²) in [4.78, 5) is 25.4. The number of nitrogens with zero attached hydrogens (tertiary/aromatic N) is 1. The van der Waals surface area contributed by atoms with Crippen molar-refractivity contribution in [3.05, 3.63) is 29.8 Å². The maximum atomic E-state index is 12.2. The van der Waals surface area contributed by atoms with Crippen molar-refractivity contribution in [2.24, 2.45) is 0 Å². The summed E-state index contributed by atoms with van der Waals surface area (Å²) in [5.41, 5.74) is 0.642. The molecule has 0 aromatic heterocycles. The minimum atomic E-state index is 0.0493. The van der Waals surface area contributed by atoms with E-state index in [0.717, 1.165) is 0 Å². The molecule has 1 aliphatic rings. The van der Waals surface area contributed by atoms with Crippen LogP contribution >= 0.6 is 0 Å². The monoisotopic (exact) mass is 262 g/mol. The van der Waals surface area contributed by atoms with Crippen LogP contribution in [0.4, 0.5) is 0 Å². The van der Waals surface area contributed by atoms with Crippen molar-refractivity contribution in [2.75, 3.05) is 33.3 Å². The zero-order chi connectivity index (χ0) is 13.7. The van der Waals surface area contributed by atoms with Crippen LogP contribution in [-0.2, 0) is 4.79 Å². The van der Waals surface area contributed by atoms with Crippen LogP contribution < -0.4 is 10.1 Å². The molecule has 1 aromatic carbocycles. The van der Waals surface area contributed by atoms with Gasteiger partial charge in [0.15, 0.2) is 5.78 Å². The second kappa shape index (κ2) is 6.33. The van der Waals surface area contributed by atoms with Crippen LogP contribution in [0, 0.1) is 0 Å². The number of hydrogen-bond acceptors (Lipinski definition) is 4. The highest BCUT2D eigenvalue weighted by Crippen LogP contribution is 2.13. The molecule has 2 rings (SSSR count). The van der Waals surface area contributed by atoms with Gasteiger partial charge in [-0.2, -0.15) is 0 Å². The molecule has 1 saturated heterocycles. The normalized spacial score (nSPS) is 16.6. The van der Waals surface area contributed by atoms with Crippen molar-refractivity contribution < 1.29 is 14.3 Å². The van der Waals surface area contributed by atoms with Crippen LogP contribution in [0.25, 0.3) is 0 Å². The lowest BCUT2D eigenvalue weighted by Crippen LogP contribution is -2.33. The number of carbonyl (C=O) groups is 2. The minimum Gasteiger partial charge on any atom is -0.497 e. The van der Waals surface area contributed by atoms with E-state index in [0.29, 0.717) is 43.9 Å².